The van der Waals surface area contributed by atoms with E-state index in [0.29, 0.717) is 10.8 Å². The van der Waals surface area contributed by atoms with Crippen molar-refractivity contribution in [3.05, 3.63) is 33.8 Å². The number of aromatic hydroxyl groups is 1. The Kier molecular flexibility index (Phi) is 4.45. The molecule has 0 saturated heterocycles. The SMILES string of the molecule is C=CCSc1cc(Cl)c(O)c(Cl)c1Cl. The van der Waals surface area contributed by atoms with E-state index in [0.717, 1.165) is 4.90 Å². The molecule has 1 aromatic carbocycles. The summed E-state index contributed by atoms with van der Waals surface area (Å²) in [5, 5.41) is 9.97. The molecule has 0 aliphatic heterocycles. The Morgan fingerprint density at radius 1 is 1.36 bits per heavy atom. The maximum atomic E-state index is 9.36. The van der Waals surface area contributed by atoms with Gasteiger partial charge in [-0.05, 0) is 6.07 Å². The predicted molar refractivity (Wildman–Crippen MR) is 64.1 cm³/mol. The lowest BCUT2D eigenvalue weighted by molar-refractivity contribution is 0.475. The highest BCUT2D eigenvalue weighted by molar-refractivity contribution is 7.99. The monoisotopic (exact) mass is 268 g/mol. The van der Waals surface area contributed by atoms with Gasteiger partial charge in [-0.25, -0.2) is 0 Å². The summed E-state index contributed by atoms with van der Waals surface area (Å²) in [6.45, 7) is 3.59. The van der Waals surface area contributed by atoms with Crippen molar-refractivity contribution in [2.75, 3.05) is 5.75 Å². The van der Waals surface area contributed by atoms with Crippen molar-refractivity contribution < 1.29 is 5.11 Å². The van der Waals surface area contributed by atoms with Crippen LogP contribution >= 0.6 is 46.6 Å². The first kappa shape index (κ1) is 12.1. The van der Waals surface area contributed by atoms with Crippen LogP contribution in [-0.2, 0) is 0 Å². The van der Waals surface area contributed by atoms with Crippen molar-refractivity contribution in [2.24, 2.45) is 0 Å². The third-order valence-electron chi connectivity index (χ3n) is 1.46. The summed E-state index contributed by atoms with van der Waals surface area (Å²) >= 11 is 18.9. The number of halogens is 3. The molecule has 5 heteroatoms. The molecule has 0 aliphatic rings. The van der Waals surface area contributed by atoms with E-state index >= 15 is 0 Å². The van der Waals surface area contributed by atoms with E-state index in [1.165, 1.54) is 11.8 Å². The van der Waals surface area contributed by atoms with Gasteiger partial charge in [0.15, 0.2) is 5.75 Å². The van der Waals surface area contributed by atoms with Gasteiger partial charge >= 0.3 is 0 Å². The van der Waals surface area contributed by atoms with E-state index in [-0.39, 0.29) is 15.8 Å². The van der Waals surface area contributed by atoms with E-state index < -0.39 is 0 Å². The fraction of sp³-hybridized carbons (Fsp3) is 0.111. The highest BCUT2D eigenvalue weighted by Crippen LogP contribution is 2.43. The van der Waals surface area contributed by atoms with Gasteiger partial charge in [-0.3, -0.25) is 0 Å². The molecule has 0 heterocycles. The summed E-state index contributed by atoms with van der Waals surface area (Å²) in [4.78, 5) is 0.736. The summed E-state index contributed by atoms with van der Waals surface area (Å²) in [5.41, 5.74) is 0. The Balaban J connectivity index is 3.12. The average molecular weight is 270 g/mol. The van der Waals surface area contributed by atoms with Crippen LogP contribution in [0.25, 0.3) is 0 Å². The lowest BCUT2D eigenvalue weighted by atomic mass is 10.3. The zero-order chi connectivity index (χ0) is 10.7. The summed E-state index contributed by atoms with van der Waals surface area (Å²) < 4.78 is 0. The lowest BCUT2D eigenvalue weighted by Crippen LogP contribution is -1.80. The second-order valence-corrected chi connectivity index (χ2v) is 4.66. The van der Waals surface area contributed by atoms with Crippen LogP contribution in [0.2, 0.25) is 15.1 Å². The number of hydrogen-bond donors (Lipinski definition) is 1. The number of phenols is 1. The van der Waals surface area contributed by atoms with E-state index in [9.17, 15) is 5.11 Å². The van der Waals surface area contributed by atoms with Gasteiger partial charge in [0.1, 0.15) is 5.02 Å². The van der Waals surface area contributed by atoms with Crippen LogP contribution in [0.5, 0.6) is 5.75 Å². The average Bonchev–Trinajstić information content (AvgIpc) is 2.18. The van der Waals surface area contributed by atoms with Crippen LogP contribution in [0.15, 0.2) is 23.6 Å². The van der Waals surface area contributed by atoms with Crippen molar-refractivity contribution in [1.82, 2.24) is 0 Å². The molecule has 0 saturated carbocycles. The molecule has 1 aromatic rings. The standard InChI is InChI=1S/C9H7Cl3OS/c1-2-3-14-6-4-5(10)9(13)8(12)7(6)11/h2,4,13H,1,3H2. The summed E-state index contributed by atoms with van der Waals surface area (Å²) in [7, 11) is 0. The van der Waals surface area contributed by atoms with E-state index in [2.05, 4.69) is 6.58 Å². The molecular formula is C9H7Cl3OS. The molecule has 1 rings (SSSR count). The largest absolute Gasteiger partial charge is 0.505 e. The van der Waals surface area contributed by atoms with Crippen LogP contribution in [0.4, 0.5) is 0 Å². The molecule has 0 fully saturated rings. The number of phenolic OH excluding ortho intramolecular Hbond substituents is 1. The number of thioether (sulfide) groups is 1. The molecular weight excluding hydrogens is 263 g/mol. The lowest BCUT2D eigenvalue weighted by Gasteiger charge is -2.07. The van der Waals surface area contributed by atoms with Gasteiger partial charge in [0.25, 0.3) is 0 Å². The third-order valence-corrected chi connectivity index (χ3v) is 3.75. The van der Waals surface area contributed by atoms with Crippen molar-refractivity contribution in [1.29, 1.82) is 0 Å². The quantitative estimate of drug-likeness (QED) is 0.490. The van der Waals surface area contributed by atoms with Crippen molar-refractivity contribution in [3.63, 3.8) is 0 Å². The second-order valence-electron chi connectivity index (χ2n) is 2.43. The highest BCUT2D eigenvalue weighted by atomic mass is 35.5. The van der Waals surface area contributed by atoms with Gasteiger partial charge in [0, 0.05) is 10.6 Å². The minimum atomic E-state index is -0.179. The Bertz CT molecular complexity index is 366. The van der Waals surface area contributed by atoms with Gasteiger partial charge in [-0.2, -0.15) is 0 Å². The summed E-state index contributed by atoms with van der Waals surface area (Å²) in [5.74, 6) is 0.526. The van der Waals surface area contributed by atoms with Crippen molar-refractivity contribution in [3.8, 4) is 5.75 Å². The van der Waals surface area contributed by atoms with Crippen LogP contribution in [0, 0.1) is 0 Å². The minimum Gasteiger partial charge on any atom is -0.505 e. The molecule has 0 atom stereocenters. The first-order valence-electron chi connectivity index (χ1n) is 3.68. The van der Waals surface area contributed by atoms with Crippen LogP contribution < -0.4 is 0 Å². The van der Waals surface area contributed by atoms with E-state index in [1.54, 1.807) is 12.1 Å². The second kappa shape index (κ2) is 5.17. The third kappa shape index (κ3) is 2.51. The van der Waals surface area contributed by atoms with Crippen molar-refractivity contribution in [2.45, 2.75) is 4.90 Å². The number of hydrogen-bond acceptors (Lipinski definition) is 2. The van der Waals surface area contributed by atoms with Crippen molar-refractivity contribution >= 4 is 46.6 Å². The maximum absolute atomic E-state index is 9.36. The van der Waals surface area contributed by atoms with Crippen LogP contribution in [-0.4, -0.2) is 10.9 Å². The van der Waals surface area contributed by atoms with Gasteiger partial charge in [-0.15, -0.1) is 18.3 Å². The van der Waals surface area contributed by atoms with E-state index in [1.807, 2.05) is 0 Å². The minimum absolute atomic E-state index is 0.0886. The number of benzene rings is 1. The zero-order valence-corrected chi connectivity index (χ0v) is 10.1. The fourth-order valence-electron chi connectivity index (χ4n) is 0.818. The molecule has 0 aromatic heterocycles. The highest BCUT2D eigenvalue weighted by Gasteiger charge is 2.13. The fourth-order valence-corrected chi connectivity index (χ4v) is 2.43. The van der Waals surface area contributed by atoms with Crippen LogP contribution in [0.3, 0.4) is 0 Å². The summed E-state index contributed by atoms with van der Waals surface area (Å²) in [6.07, 6.45) is 1.75. The first-order chi connectivity index (χ1) is 6.57. The molecule has 14 heavy (non-hydrogen) atoms. The first-order valence-corrected chi connectivity index (χ1v) is 5.80. The molecule has 76 valence electrons. The topological polar surface area (TPSA) is 20.2 Å². The van der Waals surface area contributed by atoms with E-state index in [4.69, 9.17) is 34.8 Å². The van der Waals surface area contributed by atoms with Gasteiger partial charge in [0.05, 0.1) is 10.0 Å². The molecule has 0 spiro atoms. The molecule has 0 aliphatic carbocycles. The van der Waals surface area contributed by atoms with Gasteiger partial charge in [0.2, 0.25) is 0 Å². The van der Waals surface area contributed by atoms with Crippen LogP contribution in [0.1, 0.15) is 0 Å². The van der Waals surface area contributed by atoms with Gasteiger partial charge < -0.3 is 5.11 Å². The Labute approximate surface area is 102 Å². The molecule has 0 unspecified atom stereocenters. The Morgan fingerprint density at radius 2 is 2.00 bits per heavy atom. The smallest absolute Gasteiger partial charge is 0.154 e. The molecule has 0 amide bonds. The normalized spacial score (nSPS) is 10.2. The number of rotatable bonds is 3. The Morgan fingerprint density at radius 3 is 2.57 bits per heavy atom. The molecule has 1 nitrogen and oxygen atoms in total. The van der Waals surface area contributed by atoms with Gasteiger partial charge in [-0.1, -0.05) is 40.9 Å². The molecule has 0 radical (unpaired) electrons. The zero-order valence-electron chi connectivity index (χ0n) is 7.06. The predicted octanol–water partition coefficient (Wildman–Crippen LogP) is 4.63. The maximum Gasteiger partial charge on any atom is 0.154 e. The molecule has 0 bridgehead atoms. The Hall–Kier alpha value is -0.0200. The molecule has 1 N–H and O–H groups in total. The summed E-state index contributed by atoms with van der Waals surface area (Å²) in [6, 6.07) is 1.58.